The number of hydrogen-bond acceptors (Lipinski definition) is 6. The first-order chi connectivity index (χ1) is 10.2. The largest absolute Gasteiger partial charge is 0.481 e. The number of nitrogens with zero attached hydrogens (tertiary/aromatic N) is 3. The molecular weight excluding hydrogens is 291 g/mol. The van der Waals surface area contributed by atoms with Crippen LogP contribution in [0, 0.1) is 5.82 Å². The van der Waals surface area contributed by atoms with Crippen molar-refractivity contribution in [2.45, 2.75) is 26.4 Å². The van der Waals surface area contributed by atoms with E-state index in [2.05, 4.69) is 10.1 Å². The second kappa shape index (κ2) is 5.63. The fourth-order valence-corrected chi connectivity index (χ4v) is 1.68. The highest BCUT2D eigenvalue weighted by atomic mass is 19.1. The van der Waals surface area contributed by atoms with Crippen LogP contribution in [0.15, 0.2) is 18.3 Å². The number of nitrogen functional groups attached to an aromatic ring is 1. The molecule has 0 fully saturated rings. The Kier molecular flexibility index (Phi) is 4.03. The molecule has 2 N–H and O–H groups in total. The maximum absolute atomic E-state index is 14.2. The first kappa shape index (κ1) is 15.7. The predicted octanol–water partition coefficient (Wildman–Crippen LogP) is 2.46. The summed E-state index contributed by atoms with van der Waals surface area (Å²) in [6.07, 6.45) is 0.528. The topological polar surface area (TPSA) is 92.3 Å². The van der Waals surface area contributed by atoms with Crippen LogP contribution in [0.3, 0.4) is 0 Å². The van der Waals surface area contributed by atoms with E-state index in [1.165, 1.54) is 13.3 Å². The molecule has 0 saturated carbocycles. The van der Waals surface area contributed by atoms with E-state index in [0.717, 1.165) is 0 Å². The third-order valence-corrected chi connectivity index (χ3v) is 2.65. The quantitative estimate of drug-likeness (QED) is 0.916. The first-order valence-electron chi connectivity index (χ1n) is 6.50. The fraction of sp³-hybridized carbons (Fsp3) is 0.357. The van der Waals surface area contributed by atoms with Crippen molar-refractivity contribution in [3.8, 4) is 17.1 Å². The van der Waals surface area contributed by atoms with Gasteiger partial charge in [-0.25, -0.2) is 14.2 Å². The molecule has 22 heavy (non-hydrogen) atoms. The molecule has 0 unspecified atom stereocenters. The molecule has 8 heteroatoms. The average Bonchev–Trinajstić information content (AvgIpc) is 2.74. The molecule has 0 spiro atoms. The highest BCUT2D eigenvalue weighted by molar-refractivity contribution is 5.77. The van der Waals surface area contributed by atoms with Crippen molar-refractivity contribution >= 4 is 11.9 Å². The summed E-state index contributed by atoms with van der Waals surface area (Å²) in [6, 6.07) is 3.12. The first-order valence-corrected chi connectivity index (χ1v) is 6.50. The van der Waals surface area contributed by atoms with Crippen molar-refractivity contribution in [2.24, 2.45) is 0 Å². The molecule has 0 aliphatic heterocycles. The molecule has 0 radical (unpaired) electrons. The second-order valence-corrected chi connectivity index (χ2v) is 5.53. The molecule has 2 rings (SSSR count). The van der Waals surface area contributed by atoms with Crippen LogP contribution in [0.2, 0.25) is 0 Å². The molecule has 2 aromatic rings. The van der Waals surface area contributed by atoms with E-state index >= 15 is 0 Å². The van der Waals surface area contributed by atoms with Gasteiger partial charge in [-0.3, -0.25) is 0 Å². The lowest BCUT2D eigenvalue weighted by molar-refractivity contribution is 0.0519. The summed E-state index contributed by atoms with van der Waals surface area (Å²) in [6.45, 7) is 5.07. The number of carbonyl (C=O) groups is 1. The third kappa shape index (κ3) is 3.16. The number of carbonyl (C=O) groups excluding carboxylic acids is 1. The monoisotopic (exact) mass is 308 g/mol. The maximum atomic E-state index is 14.2. The highest BCUT2D eigenvalue weighted by Gasteiger charge is 2.25. The Hall–Kier alpha value is -2.64. The van der Waals surface area contributed by atoms with Gasteiger partial charge in [-0.1, -0.05) is 0 Å². The molecule has 2 aromatic heterocycles. The van der Waals surface area contributed by atoms with Crippen LogP contribution < -0.4 is 10.5 Å². The molecule has 2 heterocycles. The molecule has 0 aromatic carbocycles. The van der Waals surface area contributed by atoms with Gasteiger partial charge in [0.1, 0.15) is 11.3 Å². The number of rotatable bonds is 2. The highest BCUT2D eigenvalue weighted by Crippen LogP contribution is 2.26. The number of halogens is 1. The molecule has 118 valence electrons. The van der Waals surface area contributed by atoms with Gasteiger partial charge in [-0.05, 0) is 26.8 Å². The number of aromatic nitrogens is 3. The summed E-state index contributed by atoms with van der Waals surface area (Å²) in [7, 11) is 1.47. The zero-order chi connectivity index (χ0) is 16.5. The summed E-state index contributed by atoms with van der Waals surface area (Å²) >= 11 is 0. The van der Waals surface area contributed by atoms with E-state index in [1.807, 2.05) is 0 Å². The van der Waals surface area contributed by atoms with Crippen LogP contribution in [-0.4, -0.2) is 33.6 Å². The van der Waals surface area contributed by atoms with Gasteiger partial charge >= 0.3 is 6.09 Å². The van der Waals surface area contributed by atoms with Crippen molar-refractivity contribution < 1.29 is 18.7 Å². The van der Waals surface area contributed by atoms with E-state index in [-0.39, 0.29) is 5.69 Å². The van der Waals surface area contributed by atoms with Crippen LogP contribution in [0.5, 0.6) is 5.88 Å². The molecule has 0 bridgehead atoms. The van der Waals surface area contributed by atoms with Gasteiger partial charge in [0.25, 0.3) is 0 Å². The Morgan fingerprint density at radius 3 is 2.55 bits per heavy atom. The molecule has 7 nitrogen and oxygen atoms in total. The van der Waals surface area contributed by atoms with Gasteiger partial charge in [0.15, 0.2) is 11.6 Å². The number of nitrogens with two attached hydrogens (primary N) is 1. The molecule has 0 saturated heterocycles. The van der Waals surface area contributed by atoms with Gasteiger partial charge in [0, 0.05) is 17.8 Å². The minimum atomic E-state index is -0.850. The number of ether oxygens (including phenoxy) is 2. The maximum Gasteiger partial charge on any atom is 0.437 e. The Labute approximate surface area is 126 Å². The van der Waals surface area contributed by atoms with Gasteiger partial charge in [0.05, 0.1) is 7.11 Å². The van der Waals surface area contributed by atoms with Crippen molar-refractivity contribution in [3.63, 3.8) is 0 Å². The number of anilines is 1. The van der Waals surface area contributed by atoms with E-state index < -0.39 is 23.3 Å². The summed E-state index contributed by atoms with van der Waals surface area (Å²) < 4.78 is 25.0. The summed E-state index contributed by atoms with van der Waals surface area (Å²) in [5.41, 5.74) is 5.14. The van der Waals surface area contributed by atoms with Crippen molar-refractivity contribution in [2.75, 3.05) is 12.8 Å². The zero-order valence-electron chi connectivity index (χ0n) is 12.8. The van der Waals surface area contributed by atoms with Crippen LogP contribution in [-0.2, 0) is 4.74 Å². The summed E-state index contributed by atoms with van der Waals surface area (Å²) in [4.78, 5) is 15.9. The molecule has 0 aliphatic carbocycles. The van der Waals surface area contributed by atoms with Crippen LogP contribution in [0.4, 0.5) is 15.0 Å². The number of methoxy groups -OCH3 is 1. The van der Waals surface area contributed by atoms with Gasteiger partial charge < -0.3 is 15.2 Å². The van der Waals surface area contributed by atoms with E-state index in [1.54, 1.807) is 32.9 Å². The van der Waals surface area contributed by atoms with E-state index in [9.17, 15) is 9.18 Å². The molecule has 0 aliphatic rings. The van der Waals surface area contributed by atoms with Crippen LogP contribution in [0.25, 0.3) is 11.3 Å². The molecule has 0 atom stereocenters. The van der Waals surface area contributed by atoms with Crippen LogP contribution in [0.1, 0.15) is 20.8 Å². The lowest BCUT2D eigenvalue weighted by Crippen LogP contribution is -2.28. The Morgan fingerprint density at radius 2 is 2.05 bits per heavy atom. The number of hydrogen-bond donors (Lipinski definition) is 1. The average molecular weight is 308 g/mol. The Bertz CT molecular complexity index is 689. The van der Waals surface area contributed by atoms with Crippen molar-refractivity contribution in [1.29, 1.82) is 0 Å². The SMILES string of the molecule is COc1ccc(-c2nn(C(=O)OC(C)(C)C)c(N)c2F)cn1. The number of pyridine rings is 1. The third-order valence-electron chi connectivity index (χ3n) is 2.65. The standard InChI is InChI=1S/C14H17FN4O3/c1-14(2,3)22-13(20)19-12(16)10(15)11(18-19)8-5-6-9(21-4)17-7-8/h5-7H,16H2,1-4H3. The van der Waals surface area contributed by atoms with Crippen LogP contribution >= 0.6 is 0 Å². The smallest absolute Gasteiger partial charge is 0.437 e. The fourth-order valence-electron chi connectivity index (χ4n) is 1.68. The Balaban J connectivity index is 2.38. The van der Waals surface area contributed by atoms with Crippen molar-refractivity contribution in [3.05, 3.63) is 24.1 Å². The lowest BCUT2D eigenvalue weighted by Gasteiger charge is -2.19. The van der Waals surface area contributed by atoms with Crippen molar-refractivity contribution in [1.82, 2.24) is 14.8 Å². The van der Waals surface area contributed by atoms with E-state index in [4.69, 9.17) is 15.2 Å². The van der Waals surface area contributed by atoms with Gasteiger partial charge in [-0.2, -0.15) is 5.10 Å². The minimum absolute atomic E-state index is 0.0847. The van der Waals surface area contributed by atoms with Gasteiger partial charge in [-0.15, -0.1) is 4.68 Å². The summed E-state index contributed by atoms with van der Waals surface area (Å²) in [5, 5.41) is 3.88. The van der Waals surface area contributed by atoms with E-state index in [0.29, 0.717) is 16.1 Å². The molecule has 0 amide bonds. The second-order valence-electron chi connectivity index (χ2n) is 5.53. The lowest BCUT2D eigenvalue weighted by atomic mass is 10.2. The summed E-state index contributed by atoms with van der Waals surface area (Å²) in [5.74, 6) is -0.846. The Morgan fingerprint density at radius 1 is 1.36 bits per heavy atom. The van der Waals surface area contributed by atoms with Gasteiger partial charge in [0.2, 0.25) is 5.88 Å². The molecular formula is C14H17FN4O3. The predicted molar refractivity (Wildman–Crippen MR) is 78.0 cm³/mol. The minimum Gasteiger partial charge on any atom is -0.481 e. The zero-order valence-corrected chi connectivity index (χ0v) is 12.8. The normalized spacial score (nSPS) is 11.3.